The average molecular weight is 205 g/mol. The predicted octanol–water partition coefficient (Wildman–Crippen LogP) is 2.40. The number of rotatable bonds is 1. The van der Waals surface area contributed by atoms with Gasteiger partial charge in [0.1, 0.15) is 11.2 Å². The maximum atomic E-state index is 13.1. The van der Waals surface area contributed by atoms with Gasteiger partial charge in [-0.25, -0.2) is 4.39 Å². The number of nitrogens with zero attached hydrogens (tertiary/aromatic N) is 1. The van der Waals surface area contributed by atoms with Gasteiger partial charge in [0.05, 0.1) is 12.7 Å². The highest BCUT2D eigenvalue weighted by Gasteiger charge is 2.35. The van der Waals surface area contributed by atoms with Crippen LogP contribution in [0.1, 0.15) is 18.4 Å². The van der Waals surface area contributed by atoms with E-state index in [1.807, 2.05) is 0 Å². The minimum absolute atomic E-state index is 0.298. The number of halogens is 1. The Labute approximate surface area is 88.3 Å². The topological polar surface area (TPSA) is 33.0 Å². The summed E-state index contributed by atoms with van der Waals surface area (Å²) in [6.07, 6.45) is 1.59. The minimum Gasteiger partial charge on any atom is -0.379 e. The molecule has 1 fully saturated rings. The van der Waals surface area contributed by atoms with Crippen LogP contribution in [0, 0.1) is 17.1 Å². The Morgan fingerprint density at radius 3 is 2.93 bits per heavy atom. The van der Waals surface area contributed by atoms with E-state index in [-0.39, 0.29) is 5.82 Å². The summed E-state index contributed by atoms with van der Waals surface area (Å²) in [4.78, 5) is 0. The Bertz CT molecular complexity index is 391. The molecular weight excluding hydrogens is 193 g/mol. The van der Waals surface area contributed by atoms with E-state index in [0.717, 1.165) is 18.4 Å². The smallest absolute Gasteiger partial charge is 0.123 e. The van der Waals surface area contributed by atoms with Gasteiger partial charge in [0, 0.05) is 6.61 Å². The molecule has 1 heterocycles. The van der Waals surface area contributed by atoms with Crippen LogP contribution in [0.4, 0.5) is 4.39 Å². The number of hydrogen-bond donors (Lipinski definition) is 0. The molecule has 78 valence electrons. The zero-order chi connectivity index (χ0) is 10.7. The maximum Gasteiger partial charge on any atom is 0.123 e. The van der Waals surface area contributed by atoms with Crippen LogP contribution in [0.15, 0.2) is 24.3 Å². The summed E-state index contributed by atoms with van der Waals surface area (Å²) in [5.74, 6) is -0.298. The molecule has 0 saturated carbocycles. The second kappa shape index (κ2) is 4.00. The summed E-state index contributed by atoms with van der Waals surface area (Å²) in [5.41, 5.74) is 0.0741. The molecule has 15 heavy (non-hydrogen) atoms. The molecule has 0 aliphatic carbocycles. The van der Waals surface area contributed by atoms with Gasteiger partial charge in [0.15, 0.2) is 0 Å². The Hall–Kier alpha value is -1.40. The lowest BCUT2D eigenvalue weighted by Crippen LogP contribution is -2.34. The Morgan fingerprint density at radius 1 is 1.47 bits per heavy atom. The summed E-state index contributed by atoms with van der Waals surface area (Å²) < 4.78 is 18.4. The molecule has 3 heteroatoms. The highest BCUT2D eigenvalue weighted by Crippen LogP contribution is 2.32. The van der Waals surface area contributed by atoms with E-state index in [1.165, 1.54) is 12.1 Å². The van der Waals surface area contributed by atoms with Crippen LogP contribution in [0.25, 0.3) is 0 Å². The first-order valence-corrected chi connectivity index (χ1v) is 5.02. The summed E-state index contributed by atoms with van der Waals surface area (Å²) in [6.45, 7) is 1.06. The van der Waals surface area contributed by atoms with Crippen LogP contribution < -0.4 is 0 Å². The quantitative estimate of drug-likeness (QED) is 0.705. The second-order valence-corrected chi connectivity index (χ2v) is 3.86. The van der Waals surface area contributed by atoms with Crippen molar-refractivity contribution in [2.24, 2.45) is 0 Å². The molecule has 1 atom stereocenters. The number of benzene rings is 1. The van der Waals surface area contributed by atoms with Crippen LogP contribution in [0.3, 0.4) is 0 Å². The van der Waals surface area contributed by atoms with Crippen molar-refractivity contribution in [3.8, 4) is 6.07 Å². The van der Waals surface area contributed by atoms with E-state index in [0.29, 0.717) is 13.2 Å². The molecule has 0 bridgehead atoms. The lowest BCUT2D eigenvalue weighted by molar-refractivity contribution is 0.0562. The van der Waals surface area contributed by atoms with Gasteiger partial charge in [0.25, 0.3) is 0 Å². The van der Waals surface area contributed by atoms with Gasteiger partial charge in [-0.15, -0.1) is 0 Å². The van der Waals surface area contributed by atoms with E-state index in [4.69, 9.17) is 4.74 Å². The first kappa shape index (κ1) is 10.1. The third-order valence-electron chi connectivity index (χ3n) is 2.83. The van der Waals surface area contributed by atoms with Crippen LogP contribution >= 0.6 is 0 Å². The number of ether oxygens (including phenoxy) is 1. The summed E-state index contributed by atoms with van der Waals surface area (Å²) in [6, 6.07) is 8.51. The van der Waals surface area contributed by atoms with Gasteiger partial charge in [-0.1, -0.05) is 12.1 Å². The SMILES string of the molecule is N#C[C@@]1(c2cccc(F)c2)CCCOC1. The van der Waals surface area contributed by atoms with Crippen molar-refractivity contribution in [3.63, 3.8) is 0 Å². The summed E-state index contributed by atoms with van der Waals surface area (Å²) >= 11 is 0. The highest BCUT2D eigenvalue weighted by atomic mass is 19.1. The van der Waals surface area contributed by atoms with Crippen molar-refractivity contribution < 1.29 is 9.13 Å². The molecule has 1 aromatic rings. The number of nitriles is 1. The van der Waals surface area contributed by atoms with Crippen molar-refractivity contribution in [1.82, 2.24) is 0 Å². The van der Waals surface area contributed by atoms with Gasteiger partial charge < -0.3 is 4.74 Å². The van der Waals surface area contributed by atoms with Gasteiger partial charge in [-0.05, 0) is 30.5 Å². The largest absolute Gasteiger partial charge is 0.379 e. The van der Waals surface area contributed by atoms with E-state index < -0.39 is 5.41 Å². The zero-order valence-corrected chi connectivity index (χ0v) is 8.37. The predicted molar refractivity (Wildman–Crippen MR) is 53.7 cm³/mol. The molecule has 2 rings (SSSR count). The van der Waals surface area contributed by atoms with Gasteiger partial charge in [-0.2, -0.15) is 5.26 Å². The van der Waals surface area contributed by atoms with Crippen molar-refractivity contribution >= 4 is 0 Å². The van der Waals surface area contributed by atoms with E-state index in [9.17, 15) is 9.65 Å². The van der Waals surface area contributed by atoms with E-state index in [2.05, 4.69) is 6.07 Å². The van der Waals surface area contributed by atoms with Crippen LogP contribution in [-0.4, -0.2) is 13.2 Å². The zero-order valence-electron chi connectivity index (χ0n) is 8.37. The fraction of sp³-hybridized carbons (Fsp3) is 0.417. The fourth-order valence-electron chi connectivity index (χ4n) is 1.96. The monoisotopic (exact) mass is 205 g/mol. The van der Waals surface area contributed by atoms with Gasteiger partial charge in [0.2, 0.25) is 0 Å². The Kier molecular flexibility index (Phi) is 2.70. The molecular formula is C12H12FNO. The van der Waals surface area contributed by atoms with Crippen molar-refractivity contribution in [3.05, 3.63) is 35.6 Å². The fourth-order valence-corrected chi connectivity index (χ4v) is 1.96. The average Bonchev–Trinajstić information content (AvgIpc) is 2.30. The first-order valence-electron chi connectivity index (χ1n) is 5.02. The minimum atomic E-state index is -0.652. The molecule has 0 radical (unpaired) electrons. The first-order chi connectivity index (χ1) is 7.27. The Morgan fingerprint density at radius 2 is 2.33 bits per heavy atom. The molecule has 0 N–H and O–H groups in total. The molecule has 0 unspecified atom stereocenters. The molecule has 2 nitrogen and oxygen atoms in total. The Balaban J connectivity index is 2.37. The van der Waals surface area contributed by atoms with Crippen molar-refractivity contribution in [2.45, 2.75) is 18.3 Å². The standard InChI is InChI=1S/C12H12FNO/c13-11-4-1-3-10(7-11)12(8-14)5-2-6-15-9-12/h1,3-4,7H,2,5-6,9H2/t12-/m0/s1. The lowest BCUT2D eigenvalue weighted by atomic mass is 9.77. The molecule has 1 saturated heterocycles. The highest BCUT2D eigenvalue weighted by molar-refractivity contribution is 5.33. The molecule has 1 aliphatic heterocycles. The molecule has 0 spiro atoms. The third kappa shape index (κ3) is 1.86. The van der Waals surface area contributed by atoms with Crippen LogP contribution in [0.2, 0.25) is 0 Å². The molecule has 0 aromatic heterocycles. The number of hydrogen-bond acceptors (Lipinski definition) is 2. The van der Waals surface area contributed by atoms with Crippen molar-refractivity contribution in [1.29, 1.82) is 5.26 Å². The second-order valence-electron chi connectivity index (χ2n) is 3.86. The van der Waals surface area contributed by atoms with E-state index in [1.54, 1.807) is 12.1 Å². The molecule has 1 aliphatic rings. The van der Waals surface area contributed by atoms with Crippen LogP contribution in [-0.2, 0) is 10.2 Å². The summed E-state index contributed by atoms with van der Waals surface area (Å²) in [7, 11) is 0. The van der Waals surface area contributed by atoms with Crippen molar-refractivity contribution in [2.75, 3.05) is 13.2 Å². The molecule has 1 aromatic carbocycles. The van der Waals surface area contributed by atoms with Gasteiger partial charge >= 0.3 is 0 Å². The maximum absolute atomic E-state index is 13.1. The molecule has 0 amide bonds. The van der Waals surface area contributed by atoms with E-state index >= 15 is 0 Å². The van der Waals surface area contributed by atoms with Crippen LogP contribution in [0.5, 0.6) is 0 Å². The summed E-state index contributed by atoms with van der Waals surface area (Å²) in [5, 5.41) is 9.23. The normalized spacial score (nSPS) is 25.9. The third-order valence-corrected chi connectivity index (χ3v) is 2.83. The lowest BCUT2D eigenvalue weighted by Gasteiger charge is -2.30. The van der Waals surface area contributed by atoms with Gasteiger partial charge in [-0.3, -0.25) is 0 Å².